The molecule has 2 aromatic rings. The Kier molecular flexibility index (Phi) is 9.60. The molecule has 0 N–H and O–H groups in total. The number of hydrogen-bond acceptors (Lipinski definition) is 9. The lowest BCUT2D eigenvalue weighted by atomic mass is 9.84. The maximum atomic E-state index is 13.4. The van der Waals surface area contributed by atoms with Crippen molar-refractivity contribution in [1.29, 1.82) is 0 Å². The Morgan fingerprint density at radius 3 is 2.64 bits per heavy atom. The van der Waals surface area contributed by atoms with Gasteiger partial charge in [0.15, 0.2) is 0 Å². The average Bonchev–Trinajstić information content (AvgIpc) is 3.41. The molecule has 0 saturated carbocycles. The molecule has 0 bridgehead atoms. The lowest BCUT2D eigenvalue weighted by molar-refractivity contribution is -0.141. The minimum Gasteiger partial charge on any atom is -0.748 e. The first kappa shape index (κ1) is 29.0. The van der Waals surface area contributed by atoms with Crippen LogP contribution in [0.2, 0.25) is 5.15 Å². The molecular weight excluding hydrogens is 548 g/mol. The minimum absolute atomic E-state index is 0.00438. The number of halogens is 1. The zero-order chi connectivity index (χ0) is 28.0. The summed E-state index contributed by atoms with van der Waals surface area (Å²) in [5, 5.41) is 0.314. The third kappa shape index (κ3) is 8.01. The molecule has 1 saturated heterocycles. The summed E-state index contributed by atoms with van der Waals surface area (Å²) in [5.41, 5.74) is 2.34. The van der Waals surface area contributed by atoms with Crippen LogP contribution < -0.4 is 4.74 Å². The van der Waals surface area contributed by atoms with Gasteiger partial charge in [0.25, 0.3) is 0 Å². The van der Waals surface area contributed by atoms with E-state index in [1.54, 1.807) is 54.4 Å². The van der Waals surface area contributed by atoms with Crippen LogP contribution >= 0.6 is 11.6 Å². The summed E-state index contributed by atoms with van der Waals surface area (Å²) in [5.74, 6) is -1.14. The van der Waals surface area contributed by atoms with Crippen molar-refractivity contribution in [3.63, 3.8) is 0 Å². The second-order valence-corrected chi connectivity index (χ2v) is 11.4. The molecule has 0 aliphatic carbocycles. The van der Waals surface area contributed by atoms with Crippen molar-refractivity contribution in [2.75, 3.05) is 25.5 Å². The van der Waals surface area contributed by atoms with Gasteiger partial charge in [-0.1, -0.05) is 29.8 Å². The zero-order valence-electron chi connectivity index (χ0n) is 21.5. The first-order valence-corrected chi connectivity index (χ1v) is 14.6. The monoisotopic (exact) mass is 577 g/mol. The van der Waals surface area contributed by atoms with Crippen molar-refractivity contribution in [2.45, 2.75) is 51.2 Å². The third-order valence-electron chi connectivity index (χ3n) is 6.71. The van der Waals surface area contributed by atoms with E-state index in [-0.39, 0.29) is 38.1 Å². The van der Waals surface area contributed by atoms with Gasteiger partial charge in [-0.2, -0.15) is 0 Å². The predicted molar refractivity (Wildman–Crippen MR) is 141 cm³/mol. The fraction of sp³-hybridized carbons (Fsp3) is 0.444. The first-order valence-electron chi connectivity index (χ1n) is 12.7. The fourth-order valence-electron chi connectivity index (χ4n) is 4.70. The summed E-state index contributed by atoms with van der Waals surface area (Å²) in [6.07, 6.45) is 3.49. The third-order valence-corrected chi connectivity index (χ3v) is 7.72. The molecule has 1 fully saturated rings. The van der Waals surface area contributed by atoms with Crippen LogP contribution in [0.25, 0.3) is 0 Å². The Labute approximate surface area is 232 Å². The quantitative estimate of drug-likeness (QED) is 0.170. The highest BCUT2D eigenvalue weighted by molar-refractivity contribution is 7.85. The number of carbonyl (C=O) groups is 2. The number of carbonyl (C=O) groups excluding carboxylic acids is 2. The second-order valence-electron chi connectivity index (χ2n) is 9.49. The molecule has 1 amide bonds. The summed E-state index contributed by atoms with van der Waals surface area (Å²) in [6, 6.07) is 10.2. The van der Waals surface area contributed by atoms with Crippen LogP contribution in [0.4, 0.5) is 0 Å². The fourth-order valence-corrected chi connectivity index (χ4v) is 5.29. The van der Waals surface area contributed by atoms with E-state index in [1.165, 1.54) is 0 Å². The summed E-state index contributed by atoms with van der Waals surface area (Å²) in [6.45, 7) is 2.88. The van der Waals surface area contributed by atoms with Gasteiger partial charge >= 0.3 is 5.97 Å². The number of esters is 1. The molecule has 0 radical (unpaired) electrons. The van der Waals surface area contributed by atoms with Crippen LogP contribution in [0, 0.1) is 0 Å². The van der Waals surface area contributed by atoms with Crippen molar-refractivity contribution in [3.05, 3.63) is 70.1 Å². The topological polar surface area (TPSA) is 135 Å². The summed E-state index contributed by atoms with van der Waals surface area (Å²) >= 11 is 5.96. The van der Waals surface area contributed by atoms with E-state index in [9.17, 15) is 22.6 Å². The highest BCUT2D eigenvalue weighted by atomic mass is 35.5. The van der Waals surface area contributed by atoms with E-state index in [4.69, 9.17) is 25.8 Å². The van der Waals surface area contributed by atoms with Crippen molar-refractivity contribution in [3.8, 4) is 5.75 Å². The van der Waals surface area contributed by atoms with E-state index < -0.39 is 27.8 Å². The maximum Gasteiger partial charge on any atom is 0.336 e. The zero-order valence-corrected chi connectivity index (χ0v) is 23.1. The molecule has 2 aliphatic rings. The normalized spacial score (nSPS) is 19.9. The summed E-state index contributed by atoms with van der Waals surface area (Å²) in [7, 11) is -4.27. The van der Waals surface area contributed by atoms with Gasteiger partial charge in [-0.3, -0.25) is 4.79 Å². The Balaban J connectivity index is 1.46. The number of aromatic nitrogens is 1. The van der Waals surface area contributed by atoms with Gasteiger partial charge in [0, 0.05) is 36.6 Å². The summed E-state index contributed by atoms with van der Waals surface area (Å²) < 4.78 is 48.9. The van der Waals surface area contributed by atoms with Gasteiger partial charge in [0.1, 0.15) is 17.5 Å². The number of amides is 1. The van der Waals surface area contributed by atoms with Crippen LogP contribution in [-0.4, -0.2) is 66.3 Å². The molecule has 4 rings (SSSR count). The van der Waals surface area contributed by atoms with E-state index in [1.807, 2.05) is 0 Å². The van der Waals surface area contributed by atoms with Crippen molar-refractivity contribution in [2.24, 2.45) is 0 Å². The molecule has 2 atom stereocenters. The van der Waals surface area contributed by atoms with Gasteiger partial charge in [-0.25, -0.2) is 18.2 Å². The molecule has 1 aromatic heterocycles. The Morgan fingerprint density at radius 1 is 1.23 bits per heavy atom. The van der Waals surface area contributed by atoms with E-state index >= 15 is 0 Å². The minimum atomic E-state index is -4.27. The molecule has 1 unspecified atom stereocenters. The van der Waals surface area contributed by atoms with Crippen LogP contribution in [-0.2, 0) is 35.8 Å². The molecule has 1 aromatic carbocycles. The molecule has 2 aliphatic heterocycles. The van der Waals surface area contributed by atoms with Crippen molar-refractivity contribution < 1.29 is 36.8 Å². The maximum absolute atomic E-state index is 13.4. The average molecular weight is 578 g/mol. The highest BCUT2D eigenvalue weighted by Gasteiger charge is 2.38. The van der Waals surface area contributed by atoms with Gasteiger partial charge in [-0.15, -0.1) is 0 Å². The van der Waals surface area contributed by atoms with Gasteiger partial charge in [0.2, 0.25) is 5.91 Å². The van der Waals surface area contributed by atoms with Crippen LogP contribution in [0.1, 0.15) is 49.7 Å². The summed E-state index contributed by atoms with van der Waals surface area (Å²) in [4.78, 5) is 32.3. The molecule has 12 heteroatoms. The number of ether oxygens (including phenoxy) is 3. The Hall–Kier alpha value is -2.99. The highest BCUT2D eigenvalue weighted by Crippen LogP contribution is 2.37. The lowest BCUT2D eigenvalue weighted by Crippen LogP contribution is -2.42. The molecule has 210 valence electrons. The Morgan fingerprint density at radius 2 is 2.00 bits per heavy atom. The van der Waals surface area contributed by atoms with Crippen LogP contribution in [0.3, 0.4) is 0 Å². The molecular formula is C27H30ClN2O8S-. The SMILES string of the molecule is CC1=C(C(=O)OCc2ccc(OCCCS(=O)(=O)[O-])cc2)C(c2ccc(Cl)nc2)CC(=O)N1C[C@H]1CCCO1. The molecule has 0 spiro atoms. The van der Waals surface area contributed by atoms with Crippen LogP contribution in [0.5, 0.6) is 5.75 Å². The standard InChI is InChI=1S/C27H31ClN2O8S/c1-18-26(27(32)38-17-19-5-8-21(9-6-19)36-12-3-13-39(33,34)35)23(20-7-10-24(28)29-15-20)14-25(31)30(18)16-22-4-2-11-37-22/h5-10,15,22-23H,2-4,11-14,16-17H2,1H3,(H,33,34,35)/p-1/t22-,23?/m1/s1. The number of allylic oxidation sites excluding steroid dienone is 1. The molecule has 10 nitrogen and oxygen atoms in total. The Bertz CT molecular complexity index is 1310. The van der Waals surface area contributed by atoms with E-state index in [0.29, 0.717) is 46.5 Å². The number of nitrogens with zero attached hydrogens (tertiary/aromatic N) is 2. The van der Waals surface area contributed by atoms with Crippen LogP contribution in [0.15, 0.2) is 53.9 Å². The van der Waals surface area contributed by atoms with Gasteiger partial charge in [-0.05, 0) is 55.5 Å². The predicted octanol–water partition coefficient (Wildman–Crippen LogP) is 3.56. The largest absolute Gasteiger partial charge is 0.748 e. The first-order chi connectivity index (χ1) is 18.6. The molecule has 3 heterocycles. The van der Waals surface area contributed by atoms with Gasteiger partial charge in [0.05, 0.1) is 34.9 Å². The number of hydrogen-bond donors (Lipinski definition) is 0. The van der Waals surface area contributed by atoms with E-state index in [2.05, 4.69) is 4.98 Å². The molecule has 39 heavy (non-hydrogen) atoms. The van der Waals surface area contributed by atoms with Crippen molar-refractivity contribution in [1.82, 2.24) is 9.88 Å². The smallest absolute Gasteiger partial charge is 0.336 e. The van der Waals surface area contributed by atoms with E-state index in [0.717, 1.165) is 12.8 Å². The lowest BCUT2D eigenvalue weighted by Gasteiger charge is -2.35. The number of rotatable bonds is 11. The number of benzene rings is 1. The number of pyridine rings is 1. The second kappa shape index (κ2) is 12.9. The van der Waals surface area contributed by atoms with Gasteiger partial charge < -0.3 is 23.7 Å². The van der Waals surface area contributed by atoms with Crippen molar-refractivity contribution >= 4 is 33.6 Å².